The summed E-state index contributed by atoms with van der Waals surface area (Å²) in [5.41, 5.74) is 0.736. The summed E-state index contributed by atoms with van der Waals surface area (Å²) in [7, 11) is 2.68. The average molecular weight is 332 g/mol. The van der Waals surface area contributed by atoms with Gasteiger partial charge in [0.25, 0.3) is 0 Å². The van der Waals surface area contributed by atoms with E-state index in [0.717, 1.165) is 5.56 Å². The third-order valence-electron chi connectivity index (χ3n) is 3.15. The van der Waals surface area contributed by atoms with Gasteiger partial charge in [-0.05, 0) is 31.5 Å². The van der Waals surface area contributed by atoms with Crippen molar-refractivity contribution in [2.75, 3.05) is 20.8 Å². The minimum Gasteiger partial charge on any atom is -0.438 e. The van der Waals surface area contributed by atoms with Crippen molar-refractivity contribution in [1.29, 1.82) is 0 Å². The van der Waals surface area contributed by atoms with Gasteiger partial charge in [0.1, 0.15) is 6.10 Å². The largest absolute Gasteiger partial charge is 0.508 e. The summed E-state index contributed by atoms with van der Waals surface area (Å²) in [5, 5.41) is 13.7. The van der Waals surface area contributed by atoms with Gasteiger partial charge in [0.05, 0.1) is 13.2 Å². The number of halogens is 1. The minimum atomic E-state index is -1.04. The highest BCUT2D eigenvalue weighted by Gasteiger charge is 2.22. The summed E-state index contributed by atoms with van der Waals surface area (Å²) in [5.74, 6) is 0. The summed E-state index contributed by atoms with van der Waals surface area (Å²) in [4.78, 5) is 11.0. The van der Waals surface area contributed by atoms with Crippen LogP contribution in [-0.4, -0.2) is 44.4 Å². The maximum atomic E-state index is 11.0. The molecular weight excluding hydrogens is 310 g/mol. The molecule has 1 aromatic rings. The van der Waals surface area contributed by atoms with Crippen LogP contribution in [0.3, 0.4) is 0 Å². The number of hydrogen-bond donors (Lipinski definition) is 2. The Labute approximate surface area is 135 Å². The predicted molar refractivity (Wildman–Crippen MR) is 82.8 cm³/mol. The molecule has 2 N–H and O–H groups in total. The van der Waals surface area contributed by atoms with E-state index in [1.165, 1.54) is 14.2 Å². The summed E-state index contributed by atoms with van der Waals surface area (Å²) >= 11 is 6.16. The Morgan fingerprint density at radius 1 is 1.36 bits per heavy atom. The second kappa shape index (κ2) is 9.63. The number of rotatable bonds is 8. The molecule has 0 saturated carbocycles. The van der Waals surface area contributed by atoms with E-state index in [1.807, 2.05) is 18.2 Å². The molecule has 0 bridgehead atoms. The fourth-order valence-electron chi connectivity index (χ4n) is 1.94. The molecule has 0 saturated heterocycles. The van der Waals surface area contributed by atoms with Gasteiger partial charge in [0.15, 0.2) is 6.29 Å². The first kappa shape index (κ1) is 18.7. The van der Waals surface area contributed by atoms with Gasteiger partial charge in [-0.3, -0.25) is 0 Å². The molecule has 124 valence electrons. The molecule has 22 heavy (non-hydrogen) atoms. The summed E-state index contributed by atoms with van der Waals surface area (Å²) in [6, 6.07) is 6.73. The zero-order chi connectivity index (χ0) is 16.5. The van der Waals surface area contributed by atoms with Crippen molar-refractivity contribution in [3.63, 3.8) is 0 Å². The number of methoxy groups -OCH3 is 2. The Hall–Kier alpha value is -1.34. The Balaban J connectivity index is 2.60. The SMILES string of the molecule is COC(=O)OC(C)CCN[C@@H](c1ccccc1Cl)C(O)OC. The lowest BCUT2D eigenvalue weighted by Gasteiger charge is -2.25. The molecule has 0 fully saturated rings. The molecule has 0 aromatic heterocycles. The first-order valence-electron chi connectivity index (χ1n) is 6.92. The molecular formula is C15H22ClNO5. The van der Waals surface area contributed by atoms with Crippen LogP contribution in [0, 0.1) is 0 Å². The topological polar surface area (TPSA) is 77.0 Å². The lowest BCUT2D eigenvalue weighted by atomic mass is 10.1. The van der Waals surface area contributed by atoms with Gasteiger partial charge in [-0.2, -0.15) is 0 Å². The maximum absolute atomic E-state index is 11.0. The molecule has 3 atom stereocenters. The second-order valence-corrected chi connectivity index (χ2v) is 5.16. The summed E-state index contributed by atoms with van der Waals surface area (Å²) in [6.45, 7) is 2.25. The van der Waals surface area contributed by atoms with Crippen LogP contribution in [0.1, 0.15) is 24.9 Å². The molecule has 7 heteroatoms. The quantitative estimate of drug-likeness (QED) is 0.563. The number of hydrogen-bond acceptors (Lipinski definition) is 6. The molecule has 0 spiro atoms. The van der Waals surface area contributed by atoms with E-state index in [2.05, 4.69) is 10.1 Å². The highest BCUT2D eigenvalue weighted by Crippen LogP contribution is 2.25. The number of carbonyl (C=O) groups is 1. The number of aliphatic hydroxyl groups excluding tert-OH is 1. The van der Waals surface area contributed by atoms with Crippen molar-refractivity contribution < 1.29 is 24.1 Å². The van der Waals surface area contributed by atoms with E-state index in [0.29, 0.717) is 18.0 Å². The molecule has 0 aliphatic carbocycles. The van der Waals surface area contributed by atoms with E-state index < -0.39 is 18.5 Å². The van der Waals surface area contributed by atoms with Crippen LogP contribution in [0.15, 0.2) is 24.3 Å². The van der Waals surface area contributed by atoms with Gasteiger partial charge >= 0.3 is 6.16 Å². The third-order valence-corrected chi connectivity index (χ3v) is 3.49. The number of ether oxygens (including phenoxy) is 3. The van der Waals surface area contributed by atoms with Crippen molar-refractivity contribution in [2.45, 2.75) is 31.8 Å². The Kier molecular flexibility index (Phi) is 8.19. The highest BCUT2D eigenvalue weighted by atomic mass is 35.5. The molecule has 0 aliphatic rings. The van der Waals surface area contributed by atoms with Crippen molar-refractivity contribution in [2.24, 2.45) is 0 Å². The second-order valence-electron chi connectivity index (χ2n) is 4.75. The average Bonchev–Trinajstić information content (AvgIpc) is 2.51. The lowest BCUT2D eigenvalue weighted by Crippen LogP contribution is -2.35. The molecule has 0 amide bonds. The number of nitrogens with one attached hydrogen (secondary N) is 1. The summed E-state index contributed by atoms with van der Waals surface area (Å²) < 4.78 is 14.4. The van der Waals surface area contributed by atoms with Crippen molar-refractivity contribution in [1.82, 2.24) is 5.32 Å². The zero-order valence-electron chi connectivity index (χ0n) is 12.9. The molecule has 1 rings (SSSR count). The van der Waals surface area contributed by atoms with Gasteiger partial charge in [0.2, 0.25) is 0 Å². The van der Waals surface area contributed by atoms with E-state index in [1.54, 1.807) is 13.0 Å². The highest BCUT2D eigenvalue weighted by molar-refractivity contribution is 6.31. The van der Waals surface area contributed by atoms with Crippen molar-refractivity contribution in [3.8, 4) is 0 Å². The molecule has 1 aromatic carbocycles. The van der Waals surface area contributed by atoms with E-state index >= 15 is 0 Å². The lowest BCUT2D eigenvalue weighted by molar-refractivity contribution is -0.0985. The van der Waals surface area contributed by atoms with Gasteiger partial charge in [-0.15, -0.1) is 0 Å². The van der Waals surface area contributed by atoms with Gasteiger partial charge < -0.3 is 24.6 Å². The van der Waals surface area contributed by atoms with E-state index in [9.17, 15) is 9.90 Å². The molecule has 2 unspecified atom stereocenters. The van der Waals surface area contributed by atoms with Crippen LogP contribution >= 0.6 is 11.6 Å². The normalized spacial score (nSPS) is 15.0. The van der Waals surface area contributed by atoms with Crippen LogP contribution in [-0.2, 0) is 14.2 Å². The van der Waals surface area contributed by atoms with Crippen LogP contribution in [0.5, 0.6) is 0 Å². The van der Waals surface area contributed by atoms with Crippen LogP contribution in [0.25, 0.3) is 0 Å². The van der Waals surface area contributed by atoms with Gasteiger partial charge in [-0.25, -0.2) is 4.79 Å². The third kappa shape index (κ3) is 5.81. The predicted octanol–water partition coefficient (Wildman–Crippen LogP) is 2.50. The fraction of sp³-hybridized carbons (Fsp3) is 0.533. The smallest absolute Gasteiger partial charge is 0.438 e. The van der Waals surface area contributed by atoms with Gasteiger partial charge in [0, 0.05) is 12.1 Å². The monoisotopic (exact) mass is 331 g/mol. The Bertz CT molecular complexity index is 471. The van der Waals surface area contributed by atoms with E-state index in [4.69, 9.17) is 21.1 Å². The maximum Gasteiger partial charge on any atom is 0.508 e. The molecule has 6 nitrogen and oxygen atoms in total. The number of aliphatic hydroxyl groups is 1. The molecule has 0 heterocycles. The Morgan fingerprint density at radius 3 is 2.64 bits per heavy atom. The molecule has 0 aliphatic heterocycles. The van der Waals surface area contributed by atoms with Crippen LogP contribution in [0.4, 0.5) is 4.79 Å². The Morgan fingerprint density at radius 2 is 2.05 bits per heavy atom. The van der Waals surface area contributed by atoms with Crippen LogP contribution in [0.2, 0.25) is 5.02 Å². The van der Waals surface area contributed by atoms with Crippen molar-refractivity contribution in [3.05, 3.63) is 34.9 Å². The number of benzene rings is 1. The first-order valence-corrected chi connectivity index (χ1v) is 7.30. The summed E-state index contributed by atoms with van der Waals surface area (Å²) in [6.07, 6.45) is -1.53. The minimum absolute atomic E-state index is 0.313. The van der Waals surface area contributed by atoms with E-state index in [-0.39, 0.29) is 6.10 Å². The fourth-order valence-corrected chi connectivity index (χ4v) is 2.19. The molecule has 0 radical (unpaired) electrons. The van der Waals surface area contributed by atoms with Crippen LogP contribution < -0.4 is 5.32 Å². The first-order chi connectivity index (χ1) is 10.5. The van der Waals surface area contributed by atoms with Crippen molar-refractivity contribution >= 4 is 17.8 Å². The van der Waals surface area contributed by atoms with Gasteiger partial charge in [-0.1, -0.05) is 29.8 Å². The zero-order valence-corrected chi connectivity index (χ0v) is 13.7. The number of carbonyl (C=O) groups excluding carboxylic acids is 1. The standard InChI is InChI=1S/C15H22ClNO5/c1-10(22-15(19)21-3)8-9-17-13(14(18)20-2)11-6-4-5-7-12(11)16/h4-7,10,13-14,17-18H,8-9H2,1-3H3/t10?,13-,14?/m0/s1.